The molecule has 2 fully saturated rings. The lowest BCUT2D eigenvalue weighted by Gasteiger charge is -2.27. The Bertz CT molecular complexity index is 785. The fraction of sp³-hybridized carbons (Fsp3) is 0.333. The van der Waals surface area contributed by atoms with Crippen molar-refractivity contribution in [3.63, 3.8) is 0 Å². The molecule has 1 saturated carbocycles. The zero-order valence-corrected chi connectivity index (χ0v) is 14.6. The van der Waals surface area contributed by atoms with Crippen LogP contribution in [0.4, 0.5) is 11.4 Å². The second-order valence-electron chi connectivity index (χ2n) is 6.86. The molecule has 0 aromatic heterocycles. The van der Waals surface area contributed by atoms with Crippen LogP contribution in [0.25, 0.3) is 0 Å². The molecular weight excluding hydrogens is 328 g/mol. The van der Waals surface area contributed by atoms with Crippen molar-refractivity contribution in [2.45, 2.75) is 18.8 Å². The summed E-state index contributed by atoms with van der Waals surface area (Å²) in [5, 5.41) is 3.04. The maximum atomic E-state index is 12.8. The van der Waals surface area contributed by atoms with E-state index in [1.54, 1.807) is 4.90 Å². The zero-order chi connectivity index (χ0) is 17.9. The van der Waals surface area contributed by atoms with Gasteiger partial charge in [-0.15, -0.1) is 0 Å². The summed E-state index contributed by atoms with van der Waals surface area (Å²) in [5.41, 5.74) is 2.65. The smallest absolute Gasteiger partial charge is 0.253 e. The van der Waals surface area contributed by atoms with Gasteiger partial charge in [0.05, 0.1) is 12.5 Å². The summed E-state index contributed by atoms with van der Waals surface area (Å²) in [6.45, 7) is 1.23. The van der Waals surface area contributed by atoms with Crippen LogP contribution in [-0.4, -0.2) is 31.6 Å². The normalized spacial score (nSPS) is 18.5. The van der Waals surface area contributed by atoms with E-state index < -0.39 is 0 Å². The molecule has 26 heavy (non-hydrogen) atoms. The summed E-state index contributed by atoms with van der Waals surface area (Å²) in [6.07, 6.45) is 2.20. The van der Waals surface area contributed by atoms with E-state index in [1.807, 2.05) is 54.6 Å². The number of carbonyl (C=O) groups excluding carboxylic acids is 2. The maximum absolute atomic E-state index is 12.8. The van der Waals surface area contributed by atoms with Crippen molar-refractivity contribution in [1.29, 1.82) is 0 Å². The summed E-state index contributed by atoms with van der Waals surface area (Å²) in [4.78, 5) is 26.5. The minimum absolute atomic E-state index is 0.0360. The van der Waals surface area contributed by atoms with Crippen LogP contribution in [-0.2, 0) is 14.3 Å². The van der Waals surface area contributed by atoms with Gasteiger partial charge in [-0.3, -0.25) is 9.59 Å². The zero-order valence-electron chi connectivity index (χ0n) is 14.6. The van der Waals surface area contributed by atoms with Gasteiger partial charge < -0.3 is 15.0 Å². The Morgan fingerprint density at radius 1 is 1.08 bits per heavy atom. The first-order valence-corrected chi connectivity index (χ1v) is 9.06. The van der Waals surface area contributed by atoms with E-state index in [0.29, 0.717) is 19.1 Å². The third-order valence-electron chi connectivity index (χ3n) is 4.97. The van der Waals surface area contributed by atoms with Crippen LogP contribution in [0.3, 0.4) is 0 Å². The van der Waals surface area contributed by atoms with Crippen molar-refractivity contribution in [3.05, 3.63) is 60.2 Å². The second kappa shape index (κ2) is 7.30. The number of amides is 2. The van der Waals surface area contributed by atoms with E-state index in [4.69, 9.17) is 4.74 Å². The second-order valence-corrected chi connectivity index (χ2v) is 6.86. The molecule has 2 aromatic rings. The van der Waals surface area contributed by atoms with Crippen molar-refractivity contribution in [2.24, 2.45) is 5.92 Å². The summed E-state index contributed by atoms with van der Waals surface area (Å²) in [7, 11) is 0. The van der Waals surface area contributed by atoms with E-state index in [-0.39, 0.29) is 24.3 Å². The molecule has 2 aromatic carbocycles. The molecule has 1 unspecified atom stereocenters. The van der Waals surface area contributed by atoms with Gasteiger partial charge >= 0.3 is 0 Å². The van der Waals surface area contributed by atoms with E-state index >= 15 is 0 Å². The van der Waals surface area contributed by atoms with Crippen molar-refractivity contribution in [3.8, 4) is 0 Å². The largest absolute Gasteiger partial charge is 0.370 e. The highest BCUT2D eigenvalue weighted by atomic mass is 16.5. The molecule has 1 heterocycles. The first kappa shape index (κ1) is 16.8. The van der Waals surface area contributed by atoms with Gasteiger partial charge in [0.2, 0.25) is 5.91 Å². The van der Waals surface area contributed by atoms with Gasteiger partial charge in [0.1, 0.15) is 6.61 Å². The van der Waals surface area contributed by atoms with Gasteiger partial charge in [0.15, 0.2) is 0 Å². The number of hydrogen-bond acceptors (Lipinski definition) is 3. The number of benzene rings is 2. The molecular formula is C21H22N2O3. The van der Waals surface area contributed by atoms with E-state index in [2.05, 4.69) is 5.32 Å². The van der Waals surface area contributed by atoms with Crippen molar-refractivity contribution < 1.29 is 14.3 Å². The predicted octanol–water partition coefficient (Wildman–Crippen LogP) is 3.18. The van der Waals surface area contributed by atoms with E-state index in [9.17, 15) is 9.59 Å². The molecule has 0 spiro atoms. The van der Waals surface area contributed by atoms with Gasteiger partial charge in [0, 0.05) is 17.9 Å². The van der Waals surface area contributed by atoms with Crippen LogP contribution < -0.4 is 10.2 Å². The molecule has 5 nitrogen and oxygen atoms in total. The molecule has 5 heteroatoms. The number of ether oxygens (including phenoxy) is 1. The fourth-order valence-corrected chi connectivity index (χ4v) is 3.46. The number of rotatable bonds is 5. The van der Waals surface area contributed by atoms with Crippen LogP contribution in [0.15, 0.2) is 54.6 Å². The number of nitrogens with one attached hydrogen (secondary N) is 1. The molecule has 1 aliphatic heterocycles. The number of nitrogens with zero attached hydrogens (tertiary/aromatic N) is 1. The van der Waals surface area contributed by atoms with Gasteiger partial charge in [-0.2, -0.15) is 0 Å². The molecule has 1 atom stereocenters. The lowest BCUT2D eigenvalue weighted by Crippen LogP contribution is -2.41. The third-order valence-corrected chi connectivity index (χ3v) is 4.97. The Labute approximate surface area is 153 Å². The van der Waals surface area contributed by atoms with Crippen LogP contribution >= 0.6 is 0 Å². The molecule has 4 rings (SSSR count). The van der Waals surface area contributed by atoms with Crippen molar-refractivity contribution in [2.75, 3.05) is 30.0 Å². The van der Waals surface area contributed by atoms with Crippen LogP contribution in [0.2, 0.25) is 0 Å². The predicted molar refractivity (Wildman–Crippen MR) is 100 cm³/mol. The van der Waals surface area contributed by atoms with E-state index in [0.717, 1.165) is 29.8 Å². The first-order valence-electron chi connectivity index (χ1n) is 9.06. The quantitative estimate of drug-likeness (QED) is 0.901. The number of carbonyl (C=O) groups is 2. The molecule has 2 aliphatic rings. The van der Waals surface area contributed by atoms with Gasteiger partial charge in [0.25, 0.3) is 5.91 Å². The summed E-state index contributed by atoms with van der Waals surface area (Å²) >= 11 is 0. The average molecular weight is 350 g/mol. The Morgan fingerprint density at radius 2 is 1.81 bits per heavy atom. The minimum Gasteiger partial charge on any atom is -0.370 e. The number of anilines is 2. The summed E-state index contributed by atoms with van der Waals surface area (Å²) in [6, 6.07) is 17.4. The number of morpholine rings is 1. The highest BCUT2D eigenvalue weighted by Gasteiger charge is 2.37. The standard InChI is InChI=1S/C21H22N2O3/c24-19-14-26-13-12-23(19)18-10-8-17(9-11-18)22-21(25)20(16-6-7-16)15-4-2-1-3-5-15/h1-5,8-11,16,20H,6-7,12-14H2,(H,22,25). The van der Waals surface area contributed by atoms with Crippen molar-refractivity contribution in [1.82, 2.24) is 0 Å². The fourth-order valence-electron chi connectivity index (χ4n) is 3.46. The third kappa shape index (κ3) is 3.63. The highest BCUT2D eigenvalue weighted by molar-refractivity contribution is 5.97. The first-order chi connectivity index (χ1) is 12.7. The molecule has 1 aliphatic carbocycles. The van der Waals surface area contributed by atoms with Gasteiger partial charge in [-0.05, 0) is 48.6 Å². The Morgan fingerprint density at radius 3 is 2.46 bits per heavy atom. The molecule has 0 bridgehead atoms. The average Bonchev–Trinajstić information content (AvgIpc) is 3.49. The molecule has 134 valence electrons. The van der Waals surface area contributed by atoms with Crippen LogP contribution in [0.5, 0.6) is 0 Å². The van der Waals surface area contributed by atoms with Crippen LogP contribution in [0.1, 0.15) is 24.3 Å². The lowest BCUT2D eigenvalue weighted by molar-refractivity contribution is -0.125. The molecule has 1 N–H and O–H groups in total. The molecule has 1 saturated heterocycles. The Kier molecular flexibility index (Phi) is 4.71. The van der Waals surface area contributed by atoms with Gasteiger partial charge in [-0.25, -0.2) is 0 Å². The SMILES string of the molecule is O=C(Nc1ccc(N2CCOCC2=O)cc1)C(c1ccccc1)C1CC1. The maximum Gasteiger partial charge on any atom is 0.253 e. The summed E-state index contributed by atoms with van der Waals surface area (Å²) < 4.78 is 5.16. The monoisotopic (exact) mass is 350 g/mol. The topological polar surface area (TPSA) is 58.6 Å². The van der Waals surface area contributed by atoms with Gasteiger partial charge in [-0.1, -0.05) is 30.3 Å². The number of hydrogen-bond donors (Lipinski definition) is 1. The molecule has 0 radical (unpaired) electrons. The van der Waals surface area contributed by atoms with Crippen molar-refractivity contribution >= 4 is 23.2 Å². The lowest BCUT2D eigenvalue weighted by atomic mass is 9.93. The Balaban J connectivity index is 1.46. The summed E-state index contributed by atoms with van der Waals surface area (Å²) in [5.74, 6) is 0.333. The molecule has 2 amide bonds. The highest BCUT2D eigenvalue weighted by Crippen LogP contribution is 2.43. The Hall–Kier alpha value is -2.66. The van der Waals surface area contributed by atoms with Crippen LogP contribution in [0, 0.1) is 5.92 Å². The minimum atomic E-state index is -0.100. The van der Waals surface area contributed by atoms with E-state index in [1.165, 1.54) is 0 Å².